The number of aryl methyl sites for hydroxylation is 2. The zero-order chi connectivity index (χ0) is 12.3. The van der Waals surface area contributed by atoms with E-state index in [4.69, 9.17) is 0 Å². The number of nitrogens with one attached hydrogen (secondary N) is 1. The van der Waals surface area contributed by atoms with E-state index in [1.165, 1.54) is 9.75 Å². The molecule has 1 heterocycles. The standard InChI is InChI=1S/C11H16F3NS/c1-7-6-10(9(3)16-7)8(2)15-5-4-11(12,13)14/h6,8,15H,4-5H2,1-3H3. The summed E-state index contributed by atoms with van der Waals surface area (Å²) in [4.78, 5) is 2.36. The minimum absolute atomic E-state index is 0.0210. The number of alkyl halides is 3. The topological polar surface area (TPSA) is 12.0 Å². The average molecular weight is 251 g/mol. The highest BCUT2D eigenvalue weighted by Gasteiger charge is 2.26. The van der Waals surface area contributed by atoms with Gasteiger partial charge in [0, 0.05) is 22.3 Å². The van der Waals surface area contributed by atoms with Gasteiger partial charge in [-0.25, -0.2) is 0 Å². The third kappa shape index (κ3) is 4.14. The molecule has 16 heavy (non-hydrogen) atoms. The first-order chi connectivity index (χ1) is 7.29. The molecule has 0 aliphatic carbocycles. The predicted molar refractivity (Wildman–Crippen MR) is 60.9 cm³/mol. The molecular formula is C11H16F3NS. The predicted octanol–water partition coefficient (Wildman–Crippen LogP) is 3.97. The van der Waals surface area contributed by atoms with Crippen molar-refractivity contribution in [2.45, 2.75) is 39.4 Å². The number of thiophene rings is 1. The second kappa shape index (κ2) is 5.19. The molecule has 1 aromatic rings. The van der Waals surface area contributed by atoms with Gasteiger partial charge in [-0.1, -0.05) is 0 Å². The lowest BCUT2D eigenvalue weighted by molar-refractivity contribution is -0.133. The molecule has 5 heteroatoms. The second-order valence-corrected chi connectivity index (χ2v) is 5.37. The Kier molecular flexibility index (Phi) is 4.38. The van der Waals surface area contributed by atoms with Gasteiger partial charge in [0.15, 0.2) is 0 Å². The van der Waals surface area contributed by atoms with Crippen LogP contribution in [0.5, 0.6) is 0 Å². The van der Waals surface area contributed by atoms with Crippen LogP contribution in [0, 0.1) is 13.8 Å². The van der Waals surface area contributed by atoms with Crippen LogP contribution in [-0.4, -0.2) is 12.7 Å². The monoisotopic (exact) mass is 251 g/mol. The molecule has 1 atom stereocenters. The van der Waals surface area contributed by atoms with Crippen molar-refractivity contribution in [3.63, 3.8) is 0 Å². The fourth-order valence-corrected chi connectivity index (χ4v) is 2.64. The molecule has 1 nitrogen and oxygen atoms in total. The highest BCUT2D eigenvalue weighted by molar-refractivity contribution is 7.12. The van der Waals surface area contributed by atoms with E-state index in [1.807, 2.05) is 26.8 Å². The van der Waals surface area contributed by atoms with Gasteiger partial charge in [-0.15, -0.1) is 11.3 Å². The first-order valence-corrected chi connectivity index (χ1v) is 5.98. The fourth-order valence-electron chi connectivity index (χ4n) is 1.62. The quantitative estimate of drug-likeness (QED) is 0.853. The Hall–Kier alpha value is -0.550. The molecule has 1 rings (SSSR count). The van der Waals surface area contributed by atoms with E-state index in [0.29, 0.717) is 0 Å². The van der Waals surface area contributed by atoms with Crippen LogP contribution in [0.25, 0.3) is 0 Å². The molecule has 0 aliphatic heterocycles. The Morgan fingerprint density at radius 2 is 2.00 bits per heavy atom. The van der Waals surface area contributed by atoms with Crippen LogP contribution in [-0.2, 0) is 0 Å². The van der Waals surface area contributed by atoms with Crippen LogP contribution in [0.15, 0.2) is 6.07 Å². The van der Waals surface area contributed by atoms with Gasteiger partial charge < -0.3 is 5.32 Å². The van der Waals surface area contributed by atoms with E-state index >= 15 is 0 Å². The van der Waals surface area contributed by atoms with Crippen molar-refractivity contribution in [3.8, 4) is 0 Å². The van der Waals surface area contributed by atoms with Crippen LogP contribution < -0.4 is 5.32 Å². The summed E-state index contributed by atoms with van der Waals surface area (Å²) in [6.07, 6.45) is -4.86. The first kappa shape index (κ1) is 13.5. The molecule has 0 fully saturated rings. The molecule has 0 amide bonds. The van der Waals surface area contributed by atoms with E-state index in [2.05, 4.69) is 5.32 Å². The van der Waals surface area contributed by atoms with Gasteiger partial charge in [0.05, 0.1) is 6.42 Å². The van der Waals surface area contributed by atoms with E-state index in [1.54, 1.807) is 11.3 Å². The van der Waals surface area contributed by atoms with Crippen molar-refractivity contribution in [2.24, 2.45) is 0 Å². The summed E-state index contributed by atoms with van der Waals surface area (Å²) >= 11 is 1.67. The lowest BCUT2D eigenvalue weighted by Gasteiger charge is -2.14. The third-order valence-corrected chi connectivity index (χ3v) is 3.39. The van der Waals surface area contributed by atoms with Crippen molar-refractivity contribution in [1.82, 2.24) is 5.32 Å². The number of halogens is 3. The fraction of sp³-hybridized carbons (Fsp3) is 0.636. The summed E-state index contributed by atoms with van der Waals surface area (Å²) in [5.74, 6) is 0. The maximum atomic E-state index is 12.0. The Morgan fingerprint density at radius 3 is 2.44 bits per heavy atom. The number of hydrogen-bond acceptors (Lipinski definition) is 2. The summed E-state index contributed by atoms with van der Waals surface area (Å²) < 4.78 is 35.9. The van der Waals surface area contributed by atoms with Crippen molar-refractivity contribution < 1.29 is 13.2 Å². The second-order valence-electron chi connectivity index (χ2n) is 3.91. The van der Waals surface area contributed by atoms with E-state index in [0.717, 1.165) is 5.56 Å². The van der Waals surface area contributed by atoms with Gasteiger partial charge >= 0.3 is 6.18 Å². The Bertz CT molecular complexity index is 343. The molecule has 1 unspecified atom stereocenters. The molecular weight excluding hydrogens is 235 g/mol. The van der Waals surface area contributed by atoms with Gasteiger partial charge in [-0.3, -0.25) is 0 Å². The molecule has 0 aliphatic rings. The minimum Gasteiger partial charge on any atom is -0.310 e. The Morgan fingerprint density at radius 1 is 1.38 bits per heavy atom. The van der Waals surface area contributed by atoms with Crippen LogP contribution in [0.2, 0.25) is 0 Å². The molecule has 0 saturated heterocycles. The molecule has 1 aromatic heterocycles. The van der Waals surface area contributed by atoms with Gasteiger partial charge in [0.1, 0.15) is 0 Å². The highest BCUT2D eigenvalue weighted by Crippen LogP contribution is 2.26. The Balaban J connectivity index is 2.47. The zero-order valence-corrected chi connectivity index (χ0v) is 10.4. The van der Waals surface area contributed by atoms with Gasteiger partial charge in [0.2, 0.25) is 0 Å². The summed E-state index contributed by atoms with van der Waals surface area (Å²) in [5.41, 5.74) is 1.10. The maximum Gasteiger partial charge on any atom is 0.390 e. The average Bonchev–Trinajstić information content (AvgIpc) is 2.43. The van der Waals surface area contributed by atoms with Crippen LogP contribution >= 0.6 is 11.3 Å². The molecule has 0 saturated carbocycles. The molecule has 0 spiro atoms. The van der Waals surface area contributed by atoms with Crippen molar-refractivity contribution in [2.75, 3.05) is 6.54 Å². The third-order valence-electron chi connectivity index (χ3n) is 2.40. The van der Waals surface area contributed by atoms with E-state index in [9.17, 15) is 13.2 Å². The van der Waals surface area contributed by atoms with E-state index in [-0.39, 0.29) is 12.6 Å². The molecule has 92 valence electrons. The normalized spacial score (nSPS) is 14.1. The summed E-state index contributed by atoms with van der Waals surface area (Å²) in [6.45, 7) is 5.86. The number of hydrogen-bond donors (Lipinski definition) is 1. The lowest BCUT2D eigenvalue weighted by atomic mass is 10.1. The van der Waals surface area contributed by atoms with Gasteiger partial charge in [-0.2, -0.15) is 13.2 Å². The van der Waals surface area contributed by atoms with Gasteiger partial charge in [0.25, 0.3) is 0 Å². The van der Waals surface area contributed by atoms with E-state index < -0.39 is 12.6 Å². The van der Waals surface area contributed by atoms with Gasteiger partial charge in [-0.05, 0) is 32.4 Å². The first-order valence-electron chi connectivity index (χ1n) is 5.16. The van der Waals surface area contributed by atoms with Crippen LogP contribution in [0.3, 0.4) is 0 Å². The number of rotatable bonds is 4. The highest BCUT2D eigenvalue weighted by atomic mass is 32.1. The van der Waals surface area contributed by atoms with Crippen molar-refractivity contribution in [1.29, 1.82) is 0 Å². The lowest BCUT2D eigenvalue weighted by Crippen LogP contribution is -2.24. The smallest absolute Gasteiger partial charge is 0.310 e. The van der Waals surface area contributed by atoms with Crippen molar-refractivity contribution in [3.05, 3.63) is 21.4 Å². The Labute approximate surface area is 97.7 Å². The maximum absolute atomic E-state index is 12.0. The SMILES string of the molecule is Cc1cc(C(C)NCCC(F)(F)F)c(C)s1. The minimum atomic E-state index is -4.08. The van der Waals surface area contributed by atoms with Crippen molar-refractivity contribution >= 4 is 11.3 Å². The zero-order valence-electron chi connectivity index (χ0n) is 9.61. The van der Waals surface area contributed by atoms with Crippen LogP contribution in [0.1, 0.15) is 34.7 Å². The molecule has 1 N–H and O–H groups in total. The molecule has 0 bridgehead atoms. The summed E-state index contributed by atoms with van der Waals surface area (Å²) in [6, 6.07) is 2.01. The largest absolute Gasteiger partial charge is 0.390 e. The molecule has 0 aromatic carbocycles. The molecule has 0 radical (unpaired) electrons. The van der Waals surface area contributed by atoms with Crippen LogP contribution in [0.4, 0.5) is 13.2 Å². The summed E-state index contributed by atoms with van der Waals surface area (Å²) in [5, 5.41) is 2.90. The summed E-state index contributed by atoms with van der Waals surface area (Å²) in [7, 11) is 0.